The second-order valence-corrected chi connectivity index (χ2v) is 5.51. The summed E-state index contributed by atoms with van der Waals surface area (Å²) in [4.78, 5) is 4.47. The molecule has 0 bridgehead atoms. The van der Waals surface area contributed by atoms with Gasteiger partial charge in [0.25, 0.3) is 6.43 Å². The maximum atomic E-state index is 14.1. The smallest absolute Gasteiger partial charge is 0.228 e. The van der Waals surface area contributed by atoms with Crippen LogP contribution < -0.4 is 0 Å². The zero-order valence-corrected chi connectivity index (χ0v) is 12.9. The van der Waals surface area contributed by atoms with E-state index < -0.39 is 12.2 Å². The largest absolute Gasteiger partial charge is 0.264 e. The van der Waals surface area contributed by atoms with Gasteiger partial charge in [0.05, 0.1) is 11.9 Å². The minimum atomic E-state index is -2.69. The number of halogens is 3. The van der Waals surface area contributed by atoms with Crippen LogP contribution in [0.2, 0.25) is 0 Å². The quantitative estimate of drug-likeness (QED) is 0.516. The van der Waals surface area contributed by atoms with Crippen LogP contribution in [0.1, 0.15) is 12.0 Å². The fourth-order valence-electron chi connectivity index (χ4n) is 2.76. The number of rotatable bonds is 3. The fourth-order valence-corrected chi connectivity index (χ4v) is 2.76. The summed E-state index contributed by atoms with van der Waals surface area (Å²) in [5.41, 5.74) is 1.28. The standard InChI is InChI=1S/C19H12F3N3/c20-15-8-4-5-9-17(15)25-19-14(11-23-25)13(18(21)22)10-16(24-19)12-6-2-1-3-7-12/h1-11,18H. The SMILES string of the molecule is Fc1ccccc1-n1ncc2c(C(F)F)cc(-c3ccccc3)nc21. The Balaban J connectivity index is 2.02. The fraction of sp³-hybridized carbons (Fsp3) is 0.0526. The number of aromatic nitrogens is 3. The molecule has 0 saturated heterocycles. The lowest BCUT2D eigenvalue weighted by atomic mass is 10.1. The van der Waals surface area contributed by atoms with Crippen LogP contribution in [-0.4, -0.2) is 14.8 Å². The van der Waals surface area contributed by atoms with E-state index in [2.05, 4.69) is 10.1 Å². The van der Waals surface area contributed by atoms with Gasteiger partial charge in [-0.05, 0) is 18.2 Å². The first kappa shape index (κ1) is 15.4. The number of nitrogens with zero attached hydrogens (tertiary/aromatic N) is 3. The third-order valence-corrected chi connectivity index (χ3v) is 3.96. The van der Waals surface area contributed by atoms with Crippen molar-refractivity contribution < 1.29 is 13.2 Å². The maximum Gasteiger partial charge on any atom is 0.264 e. The molecule has 0 unspecified atom stereocenters. The summed E-state index contributed by atoms with van der Waals surface area (Å²) in [6, 6.07) is 16.4. The van der Waals surface area contributed by atoms with Gasteiger partial charge in [0.2, 0.25) is 0 Å². The monoisotopic (exact) mass is 339 g/mol. The number of hydrogen-bond acceptors (Lipinski definition) is 2. The third kappa shape index (κ3) is 2.65. The highest BCUT2D eigenvalue weighted by atomic mass is 19.3. The molecule has 0 spiro atoms. The first-order valence-corrected chi connectivity index (χ1v) is 7.62. The van der Waals surface area contributed by atoms with E-state index >= 15 is 0 Å². The van der Waals surface area contributed by atoms with E-state index in [1.807, 2.05) is 6.07 Å². The Morgan fingerprint density at radius 2 is 1.64 bits per heavy atom. The van der Waals surface area contributed by atoms with Gasteiger partial charge in [-0.3, -0.25) is 0 Å². The van der Waals surface area contributed by atoms with Crippen molar-refractivity contribution in [3.05, 3.63) is 78.2 Å². The molecule has 0 atom stereocenters. The Bertz CT molecular complexity index is 1040. The van der Waals surface area contributed by atoms with Gasteiger partial charge < -0.3 is 0 Å². The third-order valence-electron chi connectivity index (χ3n) is 3.96. The molecule has 124 valence electrons. The number of alkyl halides is 2. The number of hydrogen-bond donors (Lipinski definition) is 0. The van der Waals surface area contributed by atoms with Crippen LogP contribution in [-0.2, 0) is 0 Å². The summed E-state index contributed by atoms with van der Waals surface area (Å²) in [7, 11) is 0. The van der Waals surface area contributed by atoms with Crippen molar-refractivity contribution in [3.63, 3.8) is 0 Å². The van der Waals surface area contributed by atoms with E-state index in [0.717, 1.165) is 0 Å². The van der Waals surface area contributed by atoms with Gasteiger partial charge in [-0.1, -0.05) is 42.5 Å². The summed E-state index contributed by atoms with van der Waals surface area (Å²) < 4.78 is 42.5. The van der Waals surface area contributed by atoms with Crippen molar-refractivity contribution in [2.75, 3.05) is 0 Å². The molecule has 4 rings (SSSR count). The first-order chi connectivity index (χ1) is 12.1. The van der Waals surface area contributed by atoms with Crippen molar-refractivity contribution >= 4 is 11.0 Å². The van der Waals surface area contributed by atoms with E-state index in [-0.39, 0.29) is 22.3 Å². The molecule has 2 aromatic carbocycles. The van der Waals surface area contributed by atoms with Crippen LogP contribution in [0.5, 0.6) is 0 Å². The predicted molar refractivity (Wildman–Crippen MR) is 89.2 cm³/mol. The van der Waals surface area contributed by atoms with Crippen molar-refractivity contribution in [1.29, 1.82) is 0 Å². The Labute approximate surface area is 141 Å². The summed E-state index contributed by atoms with van der Waals surface area (Å²) in [5.74, 6) is -0.502. The van der Waals surface area contributed by atoms with Gasteiger partial charge in [0.1, 0.15) is 11.5 Å². The molecule has 0 saturated carbocycles. The molecule has 6 heteroatoms. The number of para-hydroxylation sites is 1. The number of benzene rings is 2. The maximum absolute atomic E-state index is 14.1. The molecule has 4 aromatic rings. The molecular formula is C19H12F3N3. The Morgan fingerprint density at radius 3 is 2.36 bits per heavy atom. The summed E-state index contributed by atoms with van der Waals surface area (Å²) in [6.07, 6.45) is -1.39. The first-order valence-electron chi connectivity index (χ1n) is 7.62. The molecule has 25 heavy (non-hydrogen) atoms. The second-order valence-electron chi connectivity index (χ2n) is 5.51. The van der Waals surface area contributed by atoms with Crippen LogP contribution in [0.4, 0.5) is 13.2 Å². The molecule has 0 N–H and O–H groups in total. The highest BCUT2D eigenvalue weighted by molar-refractivity contribution is 5.83. The molecule has 0 aliphatic rings. The lowest BCUT2D eigenvalue weighted by Gasteiger charge is -2.09. The van der Waals surface area contributed by atoms with Crippen LogP contribution in [0.25, 0.3) is 28.0 Å². The van der Waals surface area contributed by atoms with Crippen molar-refractivity contribution in [1.82, 2.24) is 14.8 Å². The van der Waals surface area contributed by atoms with Gasteiger partial charge in [-0.25, -0.2) is 22.8 Å². The zero-order chi connectivity index (χ0) is 17.4. The van der Waals surface area contributed by atoms with Crippen LogP contribution in [0.15, 0.2) is 66.9 Å². The highest BCUT2D eigenvalue weighted by Gasteiger charge is 2.19. The molecule has 0 radical (unpaired) electrons. The minimum absolute atomic E-state index is 0.162. The van der Waals surface area contributed by atoms with Crippen molar-refractivity contribution in [2.24, 2.45) is 0 Å². The van der Waals surface area contributed by atoms with Gasteiger partial charge >= 0.3 is 0 Å². The van der Waals surface area contributed by atoms with Gasteiger partial charge in [0, 0.05) is 16.5 Å². The lowest BCUT2D eigenvalue weighted by Crippen LogP contribution is -2.02. The average molecular weight is 339 g/mol. The Hall–Kier alpha value is -3.15. The van der Waals surface area contributed by atoms with E-state index in [1.54, 1.807) is 36.4 Å². The van der Waals surface area contributed by atoms with E-state index in [1.165, 1.54) is 29.1 Å². The molecular weight excluding hydrogens is 327 g/mol. The molecule has 0 amide bonds. The van der Waals surface area contributed by atoms with Crippen molar-refractivity contribution in [2.45, 2.75) is 6.43 Å². The van der Waals surface area contributed by atoms with Gasteiger partial charge in [-0.15, -0.1) is 0 Å². The van der Waals surface area contributed by atoms with Crippen LogP contribution in [0.3, 0.4) is 0 Å². The minimum Gasteiger partial charge on any atom is -0.228 e. The normalized spacial score (nSPS) is 11.4. The number of pyridine rings is 1. The molecule has 0 fully saturated rings. The predicted octanol–water partition coefficient (Wildman–Crippen LogP) is 5.16. The summed E-state index contributed by atoms with van der Waals surface area (Å²) in [5, 5.41) is 4.29. The van der Waals surface area contributed by atoms with Gasteiger partial charge in [-0.2, -0.15) is 5.10 Å². The summed E-state index contributed by atoms with van der Waals surface area (Å²) >= 11 is 0. The van der Waals surface area contributed by atoms with Gasteiger partial charge in [0.15, 0.2) is 5.65 Å². The molecule has 2 heterocycles. The van der Waals surface area contributed by atoms with Crippen LogP contribution in [0, 0.1) is 5.82 Å². The Morgan fingerprint density at radius 1 is 0.920 bits per heavy atom. The Kier molecular flexibility index (Phi) is 3.72. The van der Waals surface area contributed by atoms with E-state index in [9.17, 15) is 13.2 Å². The van der Waals surface area contributed by atoms with Crippen LogP contribution >= 0.6 is 0 Å². The second kappa shape index (κ2) is 6.05. The molecule has 0 aliphatic carbocycles. The average Bonchev–Trinajstić information content (AvgIpc) is 3.05. The zero-order valence-electron chi connectivity index (χ0n) is 12.9. The molecule has 3 nitrogen and oxygen atoms in total. The lowest BCUT2D eigenvalue weighted by molar-refractivity contribution is 0.153. The highest BCUT2D eigenvalue weighted by Crippen LogP contribution is 2.32. The van der Waals surface area contributed by atoms with E-state index in [4.69, 9.17) is 0 Å². The number of fused-ring (bicyclic) bond motifs is 1. The summed E-state index contributed by atoms with van der Waals surface area (Å²) in [6.45, 7) is 0. The van der Waals surface area contributed by atoms with Crippen molar-refractivity contribution in [3.8, 4) is 16.9 Å². The molecule has 2 aromatic heterocycles. The van der Waals surface area contributed by atoms with E-state index in [0.29, 0.717) is 11.3 Å². The topological polar surface area (TPSA) is 30.7 Å². The molecule has 0 aliphatic heterocycles.